The van der Waals surface area contributed by atoms with Crippen LogP contribution in [0.5, 0.6) is 0 Å². The van der Waals surface area contributed by atoms with Crippen molar-refractivity contribution in [1.82, 2.24) is 4.57 Å². The minimum atomic E-state index is 1.15. The Kier molecular flexibility index (Phi) is 7.87. The second kappa shape index (κ2) is 9.32. The van der Waals surface area contributed by atoms with Gasteiger partial charge in [-0.1, -0.05) is 52.4 Å². The molecule has 1 radical (unpaired) electrons. The third kappa shape index (κ3) is 6.55. The van der Waals surface area contributed by atoms with Crippen molar-refractivity contribution < 1.29 is 0 Å². The van der Waals surface area contributed by atoms with Crippen LogP contribution in [0.2, 0.25) is 0 Å². The molecule has 0 atom stereocenters. The van der Waals surface area contributed by atoms with Crippen LogP contribution in [0.1, 0.15) is 70.8 Å². The lowest BCUT2D eigenvalue weighted by Gasteiger charge is -2.01. The number of aryl methyl sites for hydroxylation is 2. The first-order valence-electron chi connectivity index (χ1n) is 7.44. The second-order valence-electron chi connectivity index (χ2n) is 5.02. The average molecular weight is 234 g/mol. The first-order valence-corrected chi connectivity index (χ1v) is 7.44. The molecule has 0 aliphatic carbocycles. The number of hydrogen-bond acceptors (Lipinski definition) is 0. The van der Waals surface area contributed by atoms with Crippen LogP contribution in [-0.2, 0) is 13.0 Å². The smallest absolute Gasteiger partial charge is 0.0683 e. The highest BCUT2D eigenvalue weighted by Gasteiger charge is 1.98. The molecule has 1 aromatic heterocycles. The molecule has 0 amide bonds. The van der Waals surface area contributed by atoms with Crippen LogP contribution < -0.4 is 0 Å². The maximum absolute atomic E-state index is 3.48. The quantitative estimate of drug-likeness (QED) is 0.502. The van der Waals surface area contributed by atoms with E-state index in [1.54, 1.807) is 0 Å². The number of unbranched alkanes of at least 4 members (excludes halogenated alkanes) is 6. The molecule has 0 unspecified atom stereocenters. The maximum Gasteiger partial charge on any atom is 0.0683 e. The molecule has 1 rings (SSSR count). The summed E-state index contributed by atoms with van der Waals surface area (Å²) in [6.07, 6.45) is 17.6. The molecule has 0 N–H and O–H groups in total. The third-order valence-electron chi connectivity index (χ3n) is 3.30. The Labute approximate surface area is 107 Å². The van der Waals surface area contributed by atoms with Crippen molar-refractivity contribution in [3.8, 4) is 0 Å². The van der Waals surface area contributed by atoms with Crippen LogP contribution in [0.4, 0.5) is 0 Å². The van der Waals surface area contributed by atoms with Gasteiger partial charge < -0.3 is 4.57 Å². The standard InChI is InChI=1S/C16H28N/c1-3-5-7-9-11-16-12-14-17(15-16)13-10-8-6-4-2/h12,14H,3-11,13H2,1-2H3. The van der Waals surface area contributed by atoms with Gasteiger partial charge in [0.25, 0.3) is 0 Å². The van der Waals surface area contributed by atoms with Gasteiger partial charge in [-0.2, -0.15) is 0 Å². The molecule has 0 saturated carbocycles. The number of hydrogen-bond donors (Lipinski definition) is 0. The van der Waals surface area contributed by atoms with Crippen LogP contribution >= 0.6 is 0 Å². The number of aromatic nitrogens is 1. The summed E-state index contributed by atoms with van der Waals surface area (Å²) in [5.41, 5.74) is 1.40. The van der Waals surface area contributed by atoms with Gasteiger partial charge in [-0.05, 0) is 30.9 Å². The summed E-state index contributed by atoms with van der Waals surface area (Å²) in [5, 5.41) is 0. The molecule has 1 nitrogen and oxygen atoms in total. The van der Waals surface area contributed by atoms with E-state index in [9.17, 15) is 0 Å². The van der Waals surface area contributed by atoms with E-state index in [1.165, 1.54) is 63.4 Å². The van der Waals surface area contributed by atoms with Gasteiger partial charge >= 0.3 is 0 Å². The third-order valence-corrected chi connectivity index (χ3v) is 3.30. The molecule has 1 heterocycles. The molecule has 0 fully saturated rings. The van der Waals surface area contributed by atoms with E-state index in [0.717, 1.165) is 6.54 Å². The molecule has 0 aliphatic heterocycles. The fourth-order valence-electron chi connectivity index (χ4n) is 2.16. The molecule has 17 heavy (non-hydrogen) atoms. The van der Waals surface area contributed by atoms with Crippen LogP contribution in [0.3, 0.4) is 0 Å². The molecule has 1 aromatic rings. The molecule has 1 heteroatoms. The van der Waals surface area contributed by atoms with Crippen molar-refractivity contribution in [2.24, 2.45) is 0 Å². The summed E-state index contributed by atoms with van der Waals surface area (Å²) in [6, 6.07) is 2.24. The molecule has 0 aromatic carbocycles. The van der Waals surface area contributed by atoms with Gasteiger partial charge in [0.1, 0.15) is 0 Å². The van der Waals surface area contributed by atoms with E-state index in [2.05, 4.69) is 36.9 Å². The van der Waals surface area contributed by atoms with Crippen molar-refractivity contribution in [1.29, 1.82) is 0 Å². The van der Waals surface area contributed by atoms with Crippen molar-refractivity contribution in [3.63, 3.8) is 0 Å². The maximum atomic E-state index is 3.48. The summed E-state index contributed by atoms with van der Waals surface area (Å²) in [5.74, 6) is 0. The van der Waals surface area contributed by atoms with E-state index < -0.39 is 0 Å². The Hall–Kier alpha value is -0.720. The summed E-state index contributed by atoms with van der Waals surface area (Å²) in [6.45, 7) is 5.67. The lowest BCUT2D eigenvalue weighted by molar-refractivity contribution is 0.581. The molecular formula is C16H28N. The van der Waals surface area contributed by atoms with Gasteiger partial charge in [-0.25, -0.2) is 0 Å². The first-order chi connectivity index (χ1) is 8.36. The fourth-order valence-corrected chi connectivity index (χ4v) is 2.16. The van der Waals surface area contributed by atoms with E-state index in [-0.39, 0.29) is 0 Å². The lowest BCUT2D eigenvalue weighted by Crippen LogP contribution is -1.94. The highest BCUT2D eigenvalue weighted by Crippen LogP contribution is 2.09. The summed E-state index contributed by atoms with van der Waals surface area (Å²) >= 11 is 0. The van der Waals surface area contributed by atoms with Crippen molar-refractivity contribution in [2.75, 3.05) is 0 Å². The van der Waals surface area contributed by atoms with Crippen molar-refractivity contribution in [2.45, 2.75) is 78.2 Å². The van der Waals surface area contributed by atoms with E-state index >= 15 is 0 Å². The molecule has 97 valence electrons. The predicted octanol–water partition coefficient (Wildman–Crippen LogP) is 4.99. The molecule has 0 aliphatic rings. The zero-order chi connectivity index (χ0) is 12.3. The molecule has 0 bridgehead atoms. The summed E-state index contributed by atoms with van der Waals surface area (Å²) < 4.78 is 2.24. The molecule has 0 saturated heterocycles. The normalized spacial score (nSPS) is 10.9. The monoisotopic (exact) mass is 234 g/mol. The van der Waals surface area contributed by atoms with Crippen LogP contribution in [0, 0.1) is 6.20 Å². The number of nitrogens with zero attached hydrogens (tertiary/aromatic N) is 1. The molecular weight excluding hydrogens is 206 g/mol. The van der Waals surface area contributed by atoms with Crippen LogP contribution in [0.15, 0.2) is 12.3 Å². The largest absolute Gasteiger partial charge is 0.346 e. The van der Waals surface area contributed by atoms with E-state index in [1.807, 2.05) is 0 Å². The second-order valence-corrected chi connectivity index (χ2v) is 5.02. The van der Waals surface area contributed by atoms with Crippen LogP contribution in [-0.4, -0.2) is 4.57 Å². The van der Waals surface area contributed by atoms with Gasteiger partial charge in [0, 0.05) is 12.7 Å². The Morgan fingerprint density at radius 1 is 0.941 bits per heavy atom. The zero-order valence-corrected chi connectivity index (χ0v) is 11.7. The van der Waals surface area contributed by atoms with Crippen molar-refractivity contribution in [3.05, 3.63) is 24.0 Å². The van der Waals surface area contributed by atoms with Crippen LogP contribution in [0.25, 0.3) is 0 Å². The van der Waals surface area contributed by atoms with Gasteiger partial charge in [0.05, 0.1) is 6.20 Å². The first kappa shape index (κ1) is 14.3. The minimum Gasteiger partial charge on any atom is -0.346 e. The van der Waals surface area contributed by atoms with Gasteiger partial charge in [-0.3, -0.25) is 0 Å². The fraction of sp³-hybridized carbons (Fsp3) is 0.750. The SMILES string of the molecule is CCCCCCc1[c]n(CCCCCC)cc1. The molecule has 0 spiro atoms. The van der Waals surface area contributed by atoms with E-state index in [0.29, 0.717) is 0 Å². The summed E-state index contributed by atoms with van der Waals surface area (Å²) in [7, 11) is 0. The summed E-state index contributed by atoms with van der Waals surface area (Å²) in [4.78, 5) is 0. The Balaban J connectivity index is 2.14. The Bertz CT molecular complexity index is 248. The topological polar surface area (TPSA) is 4.93 Å². The minimum absolute atomic E-state index is 1.15. The number of rotatable bonds is 10. The van der Waals surface area contributed by atoms with Gasteiger partial charge in [-0.15, -0.1) is 0 Å². The average Bonchev–Trinajstić information content (AvgIpc) is 2.78. The highest BCUT2D eigenvalue weighted by molar-refractivity contribution is 5.08. The Morgan fingerprint density at radius 2 is 1.65 bits per heavy atom. The Morgan fingerprint density at radius 3 is 2.35 bits per heavy atom. The van der Waals surface area contributed by atoms with Gasteiger partial charge in [0.15, 0.2) is 0 Å². The lowest BCUT2D eigenvalue weighted by atomic mass is 10.1. The van der Waals surface area contributed by atoms with Crippen molar-refractivity contribution >= 4 is 0 Å². The predicted molar refractivity (Wildman–Crippen MR) is 75.3 cm³/mol. The highest BCUT2D eigenvalue weighted by atomic mass is 14.9. The van der Waals surface area contributed by atoms with E-state index in [4.69, 9.17) is 0 Å². The van der Waals surface area contributed by atoms with Gasteiger partial charge in [0.2, 0.25) is 0 Å². The zero-order valence-electron chi connectivity index (χ0n) is 11.7.